The number of rotatable bonds is 6. The fourth-order valence-electron chi connectivity index (χ4n) is 2.07. The molecule has 0 aliphatic heterocycles. The van der Waals surface area contributed by atoms with Crippen LogP contribution < -0.4 is 5.32 Å². The van der Waals surface area contributed by atoms with E-state index in [-0.39, 0.29) is 1.43 Å². The van der Waals surface area contributed by atoms with E-state index in [1.165, 1.54) is 12.1 Å². The van der Waals surface area contributed by atoms with E-state index in [4.69, 9.17) is 10.00 Å². The highest BCUT2D eigenvalue weighted by molar-refractivity contribution is 5.48. The van der Waals surface area contributed by atoms with Crippen molar-refractivity contribution in [2.24, 2.45) is 0 Å². The maximum atomic E-state index is 9.15. The number of hydrogen-bond donors (Lipinski definition) is 1. The van der Waals surface area contributed by atoms with Crippen molar-refractivity contribution in [3.05, 3.63) is 35.1 Å². The average Bonchev–Trinajstić information content (AvgIpc) is 2.55. The fraction of sp³-hybridized carbons (Fsp3) is 0.650. The van der Waals surface area contributed by atoms with Crippen LogP contribution in [0.5, 0.6) is 0 Å². The molecule has 3 nitrogen and oxygen atoms in total. The van der Waals surface area contributed by atoms with Gasteiger partial charge in [0.1, 0.15) is 0 Å². The lowest BCUT2D eigenvalue weighted by Gasteiger charge is -2.18. The highest BCUT2D eigenvalue weighted by atomic mass is 16.5. The van der Waals surface area contributed by atoms with E-state index in [1.54, 1.807) is 7.11 Å². The number of nitrogens with zero attached hydrogens (tertiary/aromatic N) is 1. The Balaban J connectivity index is -0.000000660. The Morgan fingerprint density at radius 3 is 2.48 bits per heavy atom. The van der Waals surface area contributed by atoms with Crippen molar-refractivity contribution in [2.45, 2.75) is 66.7 Å². The molecular weight excluding hydrogens is 284 g/mol. The van der Waals surface area contributed by atoms with Gasteiger partial charge in [0, 0.05) is 27.4 Å². The summed E-state index contributed by atoms with van der Waals surface area (Å²) in [5.41, 5.74) is 3.93. The van der Waals surface area contributed by atoms with Crippen molar-refractivity contribution in [1.29, 1.82) is 5.26 Å². The third-order valence-corrected chi connectivity index (χ3v) is 2.98. The van der Waals surface area contributed by atoms with Gasteiger partial charge in [-0.1, -0.05) is 40.7 Å². The van der Waals surface area contributed by atoms with Gasteiger partial charge in [-0.25, -0.2) is 0 Å². The first-order chi connectivity index (χ1) is 11.1. The van der Waals surface area contributed by atoms with E-state index in [0.717, 1.165) is 55.6 Å². The summed E-state index contributed by atoms with van der Waals surface area (Å²) < 4.78 is 5.02. The summed E-state index contributed by atoms with van der Waals surface area (Å²) in [7, 11) is 1.72. The Morgan fingerprint density at radius 2 is 2.00 bits per heavy atom. The van der Waals surface area contributed by atoms with E-state index in [0.29, 0.717) is 0 Å². The van der Waals surface area contributed by atoms with Gasteiger partial charge in [0.2, 0.25) is 0 Å². The largest absolute Gasteiger partial charge is 0.388 e. The summed E-state index contributed by atoms with van der Waals surface area (Å²) in [6.07, 6.45) is 7.49. The SMILES string of the molecule is C=C(C)/C(C#N)=C1\C=C(NCCCOC)CCC1.CC.CCC.[HH]. The highest BCUT2D eigenvalue weighted by Gasteiger charge is 2.12. The second-order valence-corrected chi connectivity index (χ2v) is 5.30. The summed E-state index contributed by atoms with van der Waals surface area (Å²) in [4.78, 5) is 0. The van der Waals surface area contributed by atoms with Crippen LogP contribution >= 0.6 is 0 Å². The predicted octanol–water partition coefficient (Wildman–Crippen LogP) is 5.77. The Hall–Kier alpha value is -1.53. The van der Waals surface area contributed by atoms with Crippen LogP contribution in [0.3, 0.4) is 0 Å². The molecule has 0 aromatic carbocycles. The van der Waals surface area contributed by atoms with E-state index in [9.17, 15) is 0 Å². The number of nitriles is 1. The summed E-state index contributed by atoms with van der Waals surface area (Å²) in [6, 6.07) is 2.26. The molecule has 0 aromatic rings. The summed E-state index contributed by atoms with van der Waals surface area (Å²) >= 11 is 0. The van der Waals surface area contributed by atoms with Crippen molar-refractivity contribution in [3.63, 3.8) is 0 Å². The van der Waals surface area contributed by atoms with Gasteiger partial charge in [0.25, 0.3) is 0 Å². The molecule has 0 saturated carbocycles. The lowest BCUT2D eigenvalue weighted by molar-refractivity contribution is 0.195. The fourth-order valence-corrected chi connectivity index (χ4v) is 2.07. The molecule has 0 radical (unpaired) electrons. The number of ether oxygens (including phenoxy) is 1. The molecule has 0 unspecified atom stereocenters. The maximum Gasteiger partial charge on any atom is 0.0997 e. The Labute approximate surface area is 145 Å². The zero-order valence-corrected chi connectivity index (χ0v) is 16.1. The molecule has 0 fully saturated rings. The van der Waals surface area contributed by atoms with Crippen LogP contribution in [-0.4, -0.2) is 20.3 Å². The summed E-state index contributed by atoms with van der Waals surface area (Å²) in [5.74, 6) is 0. The molecule has 0 spiro atoms. The molecule has 134 valence electrons. The van der Waals surface area contributed by atoms with Gasteiger partial charge in [-0.15, -0.1) is 0 Å². The zero-order chi connectivity index (χ0) is 18.1. The molecule has 0 aromatic heterocycles. The molecule has 0 heterocycles. The van der Waals surface area contributed by atoms with Gasteiger partial charge in [-0.2, -0.15) is 5.26 Å². The molecule has 0 saturated heterocycles. The number of hydrogen-bond acceptors (Lipinski definition) is 3. The molecule has 0 amide bonds. The monoisotopic (exact) mass is 322 g/mol. The van der Waals surface area contributed by atoms with E-state index >= 15 is 0 Å². The van der Waals surface area contributed by atoms with Gasteiger partial charge >= 0.3 is 0 Å². The van der Waals surface area contributed by atoms with Crippen LogP contribution in [0.2, 0.25) is 0 Å². The van der Waals surface area contributed by atoms with Crippen LogP contribution in [0.15, 0.2) is 35.1 Å². The van der Waals surface area contributed by atoms with Gasteiger partial charge in [0.15, 0.2) is 0 Å². The minimum atomic E-state index is 0. The normalized spacial score (nSPS) is 14.9. The first-order valence-corrected chi connectivity index (χ1v) is 8.83. The Kier molecular flexibility index (Phi) is 17.4. The van der Waals surface area contributed by atoms with Crippen molar-refractivity contribution in [3.8, 4) is 6.07 Å². The van der Waals surface area contributed by atoms with Crippen molar-refractivity contribution < 1.29 is 6.16 Å². The number of nitrogens with one attached hydrogen (secondary N) is 1. The van der Waals surface area contributed by atoms with Crippen molar-refractivity contribution in [2.75, 3.05) is 20.3 Å². The quantitative estimate of drug-likeness (QED) is 0.499. The van der Waals surface area contributed by atoms with E-state index in [1.807, 2.05) is 20.8 Å². The molecular formula is C20H38N2O. The summed E-state index contributed by atoms with van der Waals surface area (Å²) in [5, 5.41) is 12.6. The molecule has 0 bridgehead atoms. The standard InChI is InChI=1S/C15H22N2O.C3H8.C2H6.H2/c1-12(2)15(11-16)13-6-4-7-14(10-13)17-8-5-9-18-3;1-3-2;1-2;/h10,17H,1,4-9H2,2-3H3;3H2,1-2H3;1-2H3;1H/b15-13-;;;. The van der Waals surface area contributed by atoms with Gasteiger partial charge in [-0.3, -0.25) is 0 Å². The summed E-state index contributed by atoms with van der Waals surface area (Å²) in [6.45, 7) is 15.7. The molecule has 1 rings (SSSR count). The predicted molar refractivity (Wildman–Crippen MR) is 103 cm³/mol. The molecule has 1 N–H and O–H groups in total. The first kappa shape index (κ1) is 23.7. The van der Waals surface area contributed by atoms with Crippen molar-refractivity contribution >= 4 is 0 Å². The Bertz CT molecular complexity index is 420. The van der Waals surface area contributed by atoms with Crippen LogP contribution in [0.4, 0.5) is 0 Å². The molecule has 1 aliphatic carbocycles. The molecule has 3 heteroatoms. The minimum absolute atomic E-state index is 0. The van der Waals surface area contributed by atoms with Crippen LogP contribution in [-0.2, 0) is 4.74 Å². The second-order valence-electron chi connectivity index (χ2n) is 5.30. The van der Waals surface area contributed by atoms with Crippen LogP contribution in [0, 0.1) is 11.3 Å². The smallest absolute Gasteiger partial charge is 0.0997 e. The van der Waals surface area contributed by atoms with Crippen LogP contribution in [0.25, 0.3) is 0 Å². The zero-order valence-electron chi connectivity index (χ0n) is 16.1. The molecule has 23 heavy (non-hydrogen) atoms. The van der Waals surface area contributed by atoms with Gasteiger partial charge in [-0.05, 0) is 49.8 Å². The van der Waals surface area contributed by atoms with Gasteiger partial charge in [0.05, 0.1) is 11.6 Å². The van der Waals surface area contributed by atoms with Gasteiger partial charge < -0.3 is 10.1 Å². The highest BCUT2D eigenvalue weighted by Crippen LogP contribution is 2.25. The topological polar surface area (TPSA) is 45.0 Å². The van der Waals surface area contributed by atoms with E-state index in [2.05, 4.69) is 37.9 Å². The molecule has 1 aliphatic rings. The number of methoxy groups -OCH3 is 1. The first-order valence-electron chi connectivity index (χ1n) is 8.83. The minimum Gasteiger partial charge on any atom is -0.388 e. The lowest BCUT2D eigenvalue weighted by Crippen LogP contribution is -2.18. The number of allylic oxidation sites excluding steroid dienone is 5. The lowest BCUT2D eigenvalue weighted by atomic mass is 9.93. The molecule has 0 atom stereocenters. The maximum absolute atomic E-state index is 9.15. The Morgan fingerprint density at radius 1 is 1.39 bits per heavy atom. The van der Waals surface area contributed by atoms with E-state index < -0.39 is 0 Å². The average molecular weight is 323 g/mol. The third-order valence-electron chi connectivity index (χ3n) is 2.98. The van der Waals surface area contributed by atoms with Crippen molar-refractivity contribution in [1.82, 2.24) is 5.32 Å². The second kappa shape index (κ2) is 16.8. The van der Waals surface area contributed by atoms with Crippen LogP contribution in [0.1, 0.15) is 68.1 Å². The third kappa shape index (κ3) is 11.7.